The predicted molar refractivity (Wildman–Crippen MR) is 88.0 cm³/mol. The number of hydrogen-bond donors (Lipinski definition) is 0. The van der Waals surface area contributed by atoms with Gasteiger partial charge in [-0.3, -0.25) is 4.18 Å². The van der Waals surface area contributed by atoms with Crippen LogP contribution in [0.2, 0.25) is 0 Å². The van der Waals surface area contributed by atoms with Gasteiger partial charge in [0.1, 0.15) is 0 Å². The van der Waals surface area contributed by atoms with E-state index in [1.807, 2.05) is 12.1 Å². The van der Waals surface area contributed by atoms with Crippen LogP contribution in [0, 0.1) is 0 Å². The Kier molecular flexibility index (Phi) is 8.62. The molecule has 0 aromatic heterocycles. The Morgan fingerprint density at radius 2 is 1.57 bits per heavy atom. The minimum absolute atomic E-state index is 0.222. The van der Waals surface area contributed by atoms with Crippen molar-refractivity contribution in [1.82, 2.24) is 0 Å². The van der Waals surface area contributed by atoms with Gasteiger partial charge in [-0.1, -0.05) is 63.3 Å². The Morgan fingerprint density at radius 3 is 2.24 bits per heavy atom. The lowest BCUT2D eigenvalue weighted by Gasteiger charge is -2.06. The van der Waals surface area contributed by atoms with Gasteiger partial charge in [-0.15, -0.1) is 0 Å². The van der Waals surface area contributed by atoms with E-state index in [0.29, 0.717) is 6.42 Å². The molecule has 0 saturated carbocycles. The highest BCUT2D eigenvalue weighted by Crippen LogP contribution is 2.12. The summed E-state index contributed by atoms with van der Waals surface area (Å²) in [6.07, 6.45) is 10.7. The molecule has 0 atom stereocenters. The third kappa shape index (κ3) is 9.64. The molecule has 1 aromatic carbocycles. The van der Waals surface area contributed by atoms with E-state index < -0.39 is 10.1 Å². The molecule has 0 amide bonds. The second kappa shape index (κ2) is 9.96. The van der Waals surface area contributed by atoms with Gasteiger partial charge in [0, 0.05) is 0 Å². The molecule has 0 bridgehead atoms. The van der Waals surface area contributed by atoms with Gasteiger partial charge in [0.05, 0.1) is 12.9 Å². The first-order chi connectivity index (χ1) is 10.0. The fourth-order valence-corrected chi connectivity index (χ4v) is 2.75. The fourth-order valence-electron chi connectivity index (χ4n) is 2.36. The van der Waals surface area contributed by atoms with Crippen LogP contribution >= 0.6 is 0 Å². The SMILES string of the molecule is CCCCCCCCc1cccc(CCOS(C)(=O)=O)c1. The van der Waals surface area contributed by atoms with Crippen LogP contribution in [-0.2, 0) is 27.1 Å². The van der Waals surface area contributed by atoms with Gasteiger partial charge >= 0.3 is 0 Å². The summed E-state index contributed by atoms with van der Waals surface area (Å²) in [4.78, 5) is 0. The molecule has 0 radical (unpaired) electrons. The second-order valence-electron chi connectivity index (χ2n) is 5.61. The van der Waals surface area contributed by atoms with E-state index in [4.69, 9.17) is 4.18 Å². The molecule has 3 nitrogen and oxygen atoms in total. The van der Waals surface area contributed by atoms with E-state index in [1.54, 1.807) is 0 Å². The topological polar surface area (TPSA) is 43.4 Å². The van der Waals surface area contributed by atoms with Gasteiger partial charge in [0.2, 0.25) is 0 Å². The average Bonchev–Trinajstić information content (AvgIpc) is 2.42. The van der Waals surface area contributed by atoms with Crippen LogP contribution < -0.4 is 0 Å². The van der Waals surface area contributed by atoms with E-state index in [9.17, 15) is 8.42 Å². The molecule has 0 N–H and O–H groups in total. The van der Waals surface area contributed by atoms with Crippen LogP contribution in [0.4, 0.5) is 0 Å². The Bertz CT molecular complexity index is 495. The molecule has 0 aliphatic carbocycles. The summed E-state index contributed by atoms with van der Waals surface area (Å²) in [5.41, 5.74) is 2.48. The van der Waals surface area contributed by atoms with E-state index in [-0.39, 0.29) is 6.61 Å². The minimum Gasteiger partial charge on any atom is -0.270 e. The van der Waals surface area contributed by atoms with Crippen LogP contribution in [0.15, 0.2) is 24.3 Å². The number of hydrogen-bond acceptors (Lipinski definition) is 3. The summed E-state index contributed by atoms with van der Waals surface area (Å²) in [6, 6.07) is 8.38. The summed E-state index contributed by atoms with van der Waals surface area (Å²) in [6.45, 7) is 2.46. The lowest BCUT2D eigenvalue weighted by atomic mass is 10.0. The van der Waals surface area contributed by atoms with E-state index in [0.717, 1.165) is 18.2 Å². The molecular weight excluding hydrogens is 284 g/mol. The second-order valence-corrected chi connectivity index (χ2v) is 7.26. The zero-order chi connectivity index (χ0) is 15.6. The molecule has 0 heterocycles. The zero-order valence-electron chi connectivity index (χ0n) is 13.3. The molecule has 1 rings (SSSR count). The average molecular weight is 312 g/mol. The van der Waals surface area contributed by atoms with Gasteiger partial charge in [-0.2, -0.15) is 8.42 Å². The molecule has 0 spiro atoms. The molecule has 0 fully saturated rings. The summed E-state index contributed by atoms with van der Waals surface area (Å²) < 4.78 is 26.6. The highest BCUT2D eigenvalue weighted by atomic mass is 32.2. The van der Waals surface area contributed by atoms with Crippen LogP contribution in [0.1, 0.15) is 56.6 Å². The fraction of sp³-hybridized carbons (Fsp3) is 0.647. The van der Waals surface area contributed by atoms with Gasteiger partial charge in [0.25, 0.3) is 10.1 Å². The van der Waals surface area contributed by atoms with E-state index in [1.165, 1.54) is 44.1 Å². The summed E-state index contributed by atoms with van der Waals surface area (Å²) in [5, 5.41) is 0. The van der Waals surface area contributed by atoms with Crippen molar-refractivity contribution in [3.05, 3.63) is 35.4 Å². The van der Waals surface area contributed by atoms with Crippen molar-refractivity contribution >= 4 is 10.1 Å². The normalized spacial score (nSPS) is 11.7. The lowest BCUT2D eigenvalue weighted by Crippen LogP contribution is -2.06. The Labute approximate surface area is 129 Å². The Morgan fingerprint density at radius 1 is 0.952 bits per heavy atom. The molecule has 4 heteroatoms. The van der Waals surface area contributed by atoms with Gasteiger partial charge in [0.15, 0.2) is 0 Å². The van der Waals surface area contributed by atoms with Crippen molar-refractivity contribution in [2.75, 3.05) is 12.9 Å². The number of aryl methyl sites for hydroxylation is 1. The van der Waals surface area contributed by atoms with Crippen molar-refractivity contribution in [2.24, 2.45) is 0 Å². The maximum absolute atomic E-state index is 10.9. The zero-order valence-corrected chi connectivity index (χ0v) is 14.1. The van der Waals surface area contributed by atoms with Gasteiger partial charge in [-0.05, 0) is 30.4 Å². The molecular formula is C17H28O3S. The van der Waals surface area contributed by atoms with E-state index in [2.05, 4.69) is 19.1 Å². The van der Waals surface area contributed by atoms with Crippen molar-refractivity contribution in [3.63, 3.8) is 0 Å². The lowest BCUT2D eigenvalue weighted by molar-refractivity contribution is 0.326. The number of benzene rings is 1. The summed E-state index contributed by atoms with van der Waals surface area (Å²) in [5.74, 6) is 0. The van der Waals surface area contributed by atoms with Gasteiger partial charge < -0.3 is 0 Å². The van der Waals surface area contributed by atoms with Gasteiger partial charge in [-0.25, -0.2) is 0 Å². The Hall–Kier alpha value is -0.870. The quantitative estimate of drug-likeness (QED) is 0.456. The van der Waals surface area contributed by atoms with Crippen LogP contribution in [-0.4, -0.2) is 21.3 Å². The van der Waals surface area contributed by atoms with Crippen LogP contribution in [0.25, 0.3) is 0 Å². The molecule has 0 aliphatic rings. The summed E-state index contributed by atoms with van der Waals surface area (Å²) in [7, 11) is -3.33. The molecule has 0 saturated heterocycles. The first kappa shape index (κ1) is 18.2. The smallest absolute Gasteiger partial charge is 0.264 e. The van der Waals surface area contributed by atoms with E-state index >= 15 is 0 Å². The van der Waals surface area contributed by atoms with Crippen LogP contribution in [0.3, 0.4) is 0 Å². The maximum atomic E-state index is 10.9. The minimum atomic E-state index is -3.33. The first-order valence-electron chi connectivity index (χ1n) is 7.93. The molecule has 21 heavy (non-hydrogen) atoms. The molecule has 120 valence electrons. The third-order valence-electron chi connectivity index (χ3n) is 3.50. The number of unbranched alkanes of at least 4 members (excludes halogenated alkanes) is 5. The highest BCUT2D eigenvalue weighted by Gasteiger charge is 2.02. The molecule has 1 aromatic rings. The number of rotatable bonds is 11. The monoisotopic (exact) mass is 312 g/mol. The standard InChI is InChI=1S/C17H28O3S/c1-3-4-5-6-7-8-10-16-11-9-12-17(15-16)13-14-20-21(2,18)19/h9,11-12,15H,3-8,10,13-14H2,1-2H3. The first-order valence-corrected chi connectivity index (χ1v) is 9.75. The Balaban J connectivity index is 2.28. The third-order valence-corrected chi connectivity index (χ3v) is 4.09. The van der Waals surface area contributed by atoms with Crippen LogP contribution in [0.5, 0.6) is 0 Å². The molecule has 0 unspecified atom stereocenters. The summed E-state index contributed by atoms with van der Waals surface area (Å²) >= 11 is 0. The largest absolute Gasteiger partial charge is 0.270 e. The molecule has 0 aliphatic heterocycles. The van der Waals surface area contributed by atoms with Crippen molar-refractivity contribution in [2.45, 2.75) is 58.3 Å². The van der Waals surface area contributed by atoms with Crippen molar-refractivity contribution in [3.8, 4) is 0 Å². The maximum Gasteiger partial charge on any atom is 0.264 e. The van der Waals surface area contributed by atoms with Crippen molar-refractivity contribution in [1.29, 1.82) is 0 Å². The predicted octanol–water partition coefficient (Wildman–Crippen LogP) is 4.11. The van der Waals surface area contributed by atoms with Crippen molar-refractivity contribution < 1.29 is 12.6 Å². The highest BCUT2D eigenvalue weighted by molar-refractivity contribution is 7.85.